The largest absolute Gasteiger partial charge is 0.452 e. The van der Waals surface area contributed by atoms with Crippen LogP contribution in [0.15, 0.2) is 16.7 Å². The van der Waals surface area contributed by atoms with E-state index in [0.717, 1.165) is 13.0 Å². The van der Waals surface area contributed by atoms with Gasteiger partial charge in [0.1, 0.15) is 0 Å². The molecule has 1 fully saturated rings. The summed E-state index contributed by atoms with van der Waals surface area (Å²) in [5, 5.41) is 3.58. The fraction of sp³-hybridized carbons (Fsp3) is 0.583. The number of hydrogen-bond acceptors (Lipinski definition) is 3. The van der Waals surface area contributed by atoms with E-state index in [2.05, 4.69) is 5.32 Å². The maximum Gasteiger partial charge on any atom is 0.258 e. The monoisotopic (exact) mass is 256 g/mol. The summed E-state index contributed by atoms with van der Waals surface area (Å²) in [5.74, 6) is -0.0869. The lowest BCUT2D eigenvalue weighted by Gasteiger charge is -2.28. The third kappa shape index (κ3) is 3.01. The molecule has 94 valence electrons. The molecule has 1 aliphatic heterocycles. The Morgan fingerprint density at radius 3 is 3.06 bits per heavy atom. The van der Waals surface area contributed by atoms with Crippen molar-refractivity contribution in [3.8, 4) is 0 Å². The van der Waals surface area contributed by atoms with Crippen molar-refractivity contribution in [3.05, 3.63) is 23.1 Å². The number of rotatable bonds is 3. The maximum absolute atomic E-state index is 12.1. The van der Waals surface area contributed by atoms with Crippen molar-refractivity contribution in [2.75, 3.05) is 20.1 Å². The lowest BCUT2D eigenvalue weighted by atomic mass is 10.0. The van der Waals surface area contributed by atoms with Crippen LogP contribution in [0.4, 0.5) is 0 Å². The molecule has 4 nitrogen and oxygen atoms in total. The lowest BCUT2D eigenvalue weighted by molar-refractivity contribution is 0.0775. The van der Waals surface area contributed by atoms with Crippen molar-refractivity contribution in [2.24, 2.45) is 0 Å². The third-order valence-corrected chi connectivity index (χ3v) is 3.39. The van der Waals surface area contributed by atoms with Crippen LogP contribution in [-0.2, 0) is 0 Å². The Bertz CT molecular complexity index is 386. The lowest BCUT2D eigenvalue weighted by Crippen LogP contribution is -2.44. The predicted molar refractivity (Wildman–Crippen MR) is 66.3 cm³/mol. The smallest absolute Gasteiger partial charge is 0.258 e. The number of carbonyl (C=O) groups excluding carboxylic acids is 1. The maximum atomic E-state index is 12.1. The number of nitrogens with zero attached hydrogens (tertiary/aromatic N) is 1. The van der Waals surface area contributed by atoms with Crippen molar-refractivity contribution in [1.82, 2.24) is 10.2 Å². The Balaban J connectivity index is 1.93. The second kappa shape index (κ2) is 5.56. The molecule has 0 spiro atoms. The number of piperidine rings is 1. The van der Waals surface area contributed by atoms with Gasteiger partial charge in [-0.15, -0.1) is 0 Å². The topological polar surface area (TPSA) is 45.5 Å². The van der Waals surface area contributed by atoms with Gasteiger partial charge in [-0.1, -0.05) is 6.42 Å². The van der Waals surface area contributed by atoms with E-state index < -0.39 is 0 Å². The summed E-state index contributed by atoms with van der Waals surface area (Å²) in [6.07, 6.45) is 5.01. The van der Waals surface area contributed by atoms with E-state index in [4.69, 9.17) is 16.0 Å². The van der Waals surface area contributed by atoms with Gasteiger partial charge in [-0.05, 0) is 37.1 Å². The summed E-state index contributed by atoms with van der Waals surface area (Å²) in [7, 11) is 1.79. The van der Waals surface area contributed by atoms with Gasteiger partial charge in [0.15, 0.2) is 0 Å². The molecule has 17 heavy (non-hydrogen) atoms. The molecule has 1 aromatic rings. The highest BCUT2D eigenvalue weighted by Gasteiger charge is 2.21. The van der Waals surface area contributed by atoms with E-state index >= 15 is 0 Å². The van der Waals surface area contributed by atoms with Crippen LogP contribution in [-0.4, -0.2) is 37.0 Å². The van der Waals surface area contributed by atoms with E-state index in [1.807, 2.05) is 0 Å². The molecule has 1 unspecified atom stereocenters. The highest BCUT2D eigenvalue weighted by molar-refractivity contribution is 6.32. The second-order valence-corrected chi connectivity index (χ2v) is 4.78. The van der Waals surface area contributed by atoms with Crippen LogP contribution >= 0.6 is 11.6 Å². The Labute approximate surface area is 106 Å². The Morgan fingerprint density at radius 2 is 2.47 bits per heavy atom. The van der Waals surface area contributed by atoms with Crippen molar-refractivity contribution in [2.45, 2.75) is 25.3 Å². The quantitative estimate of drug-likeness (QED) is 0.901. The Morgan fingerprint density at radius 1 is 1.65 bits per heavy atom. The molecule has 1 aliphatic rings. The first-order valence-electron chi connectivity index (χ1n) is 5.90. The molecule has 0 saturated carbocycles. The average molecular weight is 257 g/mol. The summed E-state index contributed by atoms with van der Waals surface area (Å²) in [6, 6.07) is 2.00. The third-order valence-electron chi connectivity index (χ3n) is 3.10. The van der Waals surface area contributed by atoms with Gasteiger partial charge < -0.3 is 14.6 Å². The fourth-order valence-electron chi connectivity index (χ4n) is 2.15. The van der Waals surface area contributed by atoms with Gasteiger partial charge in [-0.25, -0.2) is 0 Å². The molecule has 1 saturated heterocycles. The van der Waals surface area contributed by atoms with Gasteiger partial charge in [-0.2, -0.15) is 0 Å². The molecule has 1 amide bonds. The normalized spacial score (nSPS) is 20.2. The fourth-order valence-corrected chi connectivity index (χ4v) is 2.34. The molecular formula is C12H17ClN2O2. The predicted octanol–water partition coefficient (Wildman–Crippen LogP) is 2.15. The standard InChI is InChI=1S/C12H17ClN2O2/c1-15(8-9-4-2-3-6-14-9)12(16)10-5-7-17-11(10)13/h5,7,9,14H,2-4,6,8H2,1H3. The minimum absolute atomic E-state index is 0.0869. The minimum Gasteiger partial charge on any atom is -0.452 e. The molecule has 5 heteroatoms. The van der Waals surface area contributed by atoms with E-state index in [-0.39, 0.29) is 11.1 Å². The van der Waals surface area contributed by atoms with Gasteiger partial charge in [0, 0.05) is 19.6 Å². The molecule has 0 aromatic carbocycles. The summed E-state index contributed by atoms with van der Waals surface area (Å²) < 4.78 is 4.93. The molecule has 1 N–H and O–H groups in total. The van der Waals surface area contributed by atoms with Crippen molar-refractivity contribution in [1.29, 1.82) is 0 Å². The number of hydrogen-bond donors (Lipinski definition) is 1. The van der Waals surface area contributed by atoms with Crippen LogP contribution in [0, 0.1) is 0 Å². The molecular weight excluding hydrogens is 240 g/mol. The molecule has 1 atom stereocenters. The second-order valence-electron chi connectivity index (χ2n) is 4.44. The number of halogens is 1. The summed E-state index contributed by atoms with van der Waals surface area (Å²) in [5.41, 5.74) is 0.435. The van der Waals surface area contributed by atoms with E-state index in [0.29, 0.717) is 18.2 Å². The van der Waals surface area contributed by atoms with Crippen LogP contribution in [0.25, 0.3) is 0 Å². The van der Waals surface area contributed by atoms with Gasteiger partial charge in [0.05, 0.1) is 11.8 Å². The van der Waals surface area contributed by atoms with Crippen molar-refractivity contribution < 1.29 is 9.21 Å². The summed E-state index contributed by atoms with van der Waals surface area (Å²) in [4.78, 5) is 13.7. The van der Waals surface area contributed by atoms with Crippen LogP contribution < -0.4 is 5.32 Å². The van der Waals surface area contributed by atoms with Crippen LogP contribution in [0.5, 0.6) is 0 Å². The van der Waals surface area contributed by atoms with Gasteiger partial charge >= 0.3 is 0 Å². The average Bonchev–Trinajstić information content (AvgIpc) is 2.76. The zero-order valence-electron chi connectivity index (χ0n) is 9.91. The molecule has 1 aromatic heterocycles. The van der Waals surface area contributed by atoms with Gasteiger partial charge in [0.25, 0.3) is 5.91 Å². The highest BCUT2D eigenvalue weighted by Crippen LogP contribution is 2.18. The number of nitrogens with one attached hydrogen (secondary N) is 1. The van der Waals surface area contributed by atoms with Crippen LogP contribution in [0.1, 0.15) is 29.6 Å². The molecule has 2 rings (SSSR count). The SMILES string of the molecule is CN(CC1CCCCN1)C(=O)c1ccoc1Cl. The number of carbonyl (C=O) groups is 1. The van der Waals surface area contributed by atoms with E-state index in [1.54, 1.807) is 18.0 Å². The van der Waals surface area contributed by atoms with Crippen LogP contribution in [0.2, 0.25) is 5.22 Å². The highest BCUT2D eigenvalue weighted by atomic mass is 35.5. The molecule has 0 radical (unpaired) electrons. The number of likely N-dealkylation sites (N-methyl/N-ethyl adjacent to an activating group) is 1. The van der Waals surface area contributed by atoms with E-state index in [1.165, 1.54) is 19.1 Å². The van der Waals surface area contributed by atoms with Crippen molar-refractivity contribution >= 4 is 17.5 Å². The molecule has 0 bridgehead atoms. The molecule has 2 heterocycles. The first kappa shape index (κ1) is 12.5. The van der Waals surface area contributed by atoms with Crippen LogP contribution in [0.3, 0.4) is 0 Å². The number of furan rings is 1. The number of amides is 1. The first-order valence-corrected chi connectivity index (χ1v) is 6.28. The van der Waals surface area contributed by atoms with E-state index in [9.17, 15) is 4.79 Å². The first-order chi connectivity index (χ1) is 8.18. The minimum atomic E-state index is -0.0869. The molecule has 0 aliphatic carbocycles. The van der Waals surface area contributed by atoms with Gasteiger partial charge in [-0.3, -0.25) is 4.79 Å². The Hall–Kier alpha value is -1.00. The summed E-state index contributed by atoms with van der Waals surface area (Å²) in [6.45, 7) is 1.75. The van der Waals surface area contributed by atoms with Gasteiger partial charge in [0.2, 0.25) is 5.22 Å². The van der Waals surface area contributed by atoms with Crippen molar-refractivity contribution in [3.63, 3.8) is 0 Å². The zero-order valence-corrected chi connectivity index (χ0v) is 10.7. The zero-order chi connectivity index (χ0) is 12.3. The summed E-state index contributed by atoms with van der Waals surface area (Å²) >= 11 is 5.79. The Kier molecular flexibility index (Phi) is 4.07.